The average Bonchev–Trinajstić information content (AvgIpc) is 3.35. The zero-order chi connectivity index (χ0) is 23.8. The smallest absolute Gasteiger partial charge is 0.251 e. The molecule has 0 saturated carbocycles. The maximum Gasteiger partial charge on any atom is 0.251 e. The first kappa shape index (κ1) is 23.3. The molecule has 1 heterocycles. The Bertz CT molecular complexity index is 1260. The summed E-state index contributed by atoms with van der Waals surface area (Å²) in [5.41, 5.74) is 3.16. The molecule has 0 aliphatic carbocycles. The van der Waals surface area contributed by atoms with Crippen molar-refractivity contribution in [2.45, 2.75) is 18.2 Å². The molecule has 4 aromatic rings. The van der Waals surface area contributed by atoms with E-state index < -0.39 is 0 Å². The molecular formula is C26H23FN4O2S. The summed E-state index contributed by atoms with van der Waals surface area (Å²) in [6, 6.07) is 23.0. The summed E-state index contributed by atoms with van der Waals surface area (Å²) in [5.74, 6) is -0.455. The summed E-state index contributed by atoms with van der Waals surface area (Å²) in [4.78, 5) is 29.2. The Kier molecular flexibility index (Phi) is 7.72. The topological polar surface area (TPSA) is 76.0 Å². The molecule has 0 spiro atoms. The first-order valence-electron chi connectivity index (χ1n) is 10.7. The molecular weight excluding hydrogens is 451 g/mol. The van der Waals surface area contributed by atoms with E-state index in [0.29, 0.717) is 23.8 Å². The van der Waals surface area contributed by atoms with E-state index in [4.69, 9.17) is 0 Å². The van der Waals surface area contributed by atoms with Gasteiger partial charge >= 0.3 is 0 Å². The van der Waals surface area contributed by atoms with Crippen LogP contribution in [0.3, 0.4) is 0 Å². The first-order chi connectivity index (χ1) is 16.6. The Morgan fingerprint density at radius 1 is 0.882 bits per heavy atom. The van der Waals surface area contributed by atoms with Crippen molar-refractivity contribution in [1.29, 1.82) is 0 Å². The minimum absolute atomic E-state index is 0.155. The summed E-state index contributed by atoms with van der Waals surface area (Å²) in [6.07, 6.45) is 3.45. The molecule has 8 heteroatoms. The van der Waals surface area contributed by atoms with Gasteiger partial charge in [-0.15, -0.1) is 0 Å². The van der Waals surface area contributed by atoms with Gasteiger partial charge in [-0.3, -0.25) is 14.2 Å². The van der Waals surface area contributed by atoms with Crippen LogP contribution in [-0.4, -0.2) is 27.1 Å². The maximum absolute atomic E-state index is 13.0. The molecule has 0 bridgehead atoms. The lowest BCUT2D eigenvalue weighted by Crippen LogP contribution is -2.24. The van der Waals surface area contributed by atoms with Crippen molar-refractivity contribution in [3.05, 3.63) is 114 Å². The van der Waals surface area contributed by atoms with Crippen LogP contribution in [0.15, 0.2) is 96.4 Å². The van der Waals surface area contributed by atoms with Crippen molar-refractivity contribution in [3.8, 4) is 5.69 Å². The van der Waals surface area contributed by atoms with Crippen molar-refractivity contribution in [1.82, 2.24) is 20.2 Å². The summed E-state index contributed by atoms with van der Waals surface area (Å²) < 4.78 is 14.8. The lowest BCUT2D eigenvalue weighted by Gasteiger charge is -2.10. The molecule has 172 valence electrons. The predicted molar refractivity (Wildman–Crippen MR) is 130 cm³/mol. The molecule has 3 aromatic carbocycles. The number of nitrogens with one attached hydrogen (secondary N) is 2. The van der Waals surface area contributed by atoms with Gasteiger partial charge in [0.25, 0.3) is 5.91 Å². The molecule has 0 saturated heterocycles. The molecule has 34 heavy (non-hydrogen) atoms. The molecule has 6 nitrogen and oxygen atoms in total. The molecule has 0 atom stereocenters. The largest absolute Gasteiger partial charge is 0.351 e. The number of benzene rings is 3. The third kappa shape index (κ3) is 6.32. The van der Waals surface area contributed by atoms with Crippen molar-refractivity contribution in [2.75, 3.05) is 5.75 Å². The van der Waals surface area contributed by atoms with Crippen LogP contribution in [0.25, 0.3) is 5.69 Å². The van der Waals surface area contributed by atoms with Gasteiger partial charge in [0.05, 0.1) is 5.75 Å². The Morgan fingerprint density at radius 3 is 2.41 bits per heavy atom. The quantitative estimate of drug-likeness (QED) is 0.354. The minimum atomic E-state index is -0.310. The van der Waals surface area contributed by atoms with Crippen molar-refractivity contribution >= 4 is 23.6 Å². The fourth-order valence-corrected chi connectivity index (χ4v) is 4.06. The number of hydrogen-bond acceptors (Lipinski definition) is 4. The highest BCUT2D eigenvalue weighted by molar-refractivity contribution is 7.99. The number of carbonyl (C=O) groups is 2. The van der Waals surface area contributed by atoms with Gasteiger partial charge in [-0.25, -0.2) is 9.37 Å². The Morgan fingerprint density at radius 2 is 1.62 bits per heavy atom. The lowest BCUT2D eigenvalue weighted by molar-refractivity contribution is -0.118. The Labute approximate surface area is 201 Å². The average molecular weight is 475 g/mol. The Balaban J connectivity index is 1.34. The molecule has 1 aromatic heterocycles. The molecule has 0 aliphatic heterocycles. The van der Waals surface area contributed by atoms with Crippen LogP contribution < -0.4 is 10.6 Å². The van der Waals surface area contributed by atoms with Gasteiger partial charge in [0, 0.05) is 36.7 Å². The summed E-state index contributed by atoms with van der Waals surface area (Å²) >= 11 is 1.30. The van der Waals surface area contributed by atoms with Gasteiger partial charge in [0.2, 0.25) is 5.91 Å². The second-order valence-electron chi connectivity index (χ2n) is 7.49. The number of carbonyl (C=O) groups excluding carboxylic acids is 2. The SMILES string of the molecule is O=C(CSc1nccn1-c1cccc(C(=O)NCc2ccccc2)c1)NCc1ccc(F)cc1. The molecule has 2 amide bonds. The molecule has 2 N–H and O–H groups in total. The number of nitrogens with zero attached hydrogens (tertiary/aromatic N) is 2. The Hall–Kier alpha value is -3.91. The summed E-state index contributed by atoms with van der Waals surface area (Å²) in [5, 5.41) is 6.39. The number of halogens is 1. The van der Waals surface area contributed by atoms with Crippen LogP contribution in [0.5, 0.6) is 0 Å². The normalized spacial score (nSPS) is 10.6. The van der Waals surface area contributed by atoms with Gasteiger partial charge in [-0.2, -0.15) is 0 Å². The van der Waals surface area contributed by atoms with Crippen LogP contribution in [-0.2, 0) is 17.9 Å². The van der Waals surface area contributed by atoms with Crippen LogP contribution in [0.1, 0.15) is 21.5 Å². The number of aromatic nitrogens is 2. The van der Waals surface area contributed by atoms with E-state index in [0.717, 1.165) is 16.8 Å². The second kappa shape index (κ2) is 11.3. The number of hydrogen-bond donors (Lipinski definition) is 2. The van der Waals surface area contributed by atoms with E-state index >= 15 is 0 Å². The van der Waals surface area contributed by atoms with E-state index in [-0.39, 0.29) is 23.4 Å². The highest BCUT2D eigenvalue weighted by atomic mass is 32.2. The highest BCUT2D eigenvalue weighted by Gasteiger charge is 2.12. The minimum Gasteiger partial charge on any atom is -0.351 e. The van der Waals surface area contributed by atoms with E-state index in [1.165, 1.54) is 23.9 Å². The van der Waals surface area contributed by atoms with E-state index in [2.05, 4.69) is 15.6 Å². The molecule has 0 fully saturated rings. The lowest BCUT2D eigenvalue weighted by atomic mass is 10.1. The third-order valence-corrected chi connectivity index (χ3v) is 5.99. The zero-order valence-corrected chi connectivity index (χ0v) is 19.1. The number of imidazole rings is 1. The maximum atomic E-state index is 13.0. The van der Waals surface area contributed by atoms with E-state index in [1.807, 2.05) is 47.0 Å². The predicted octanol–water partition coefficient (Wildman–Crippen LogP) is 4.35. The van der Waals surface area contributed by atoms with Gasteiger partial charge in [0.15, 0.2) is 5.16 Å². The van der Waals surface area contributed by atoms with Crippen molar-refractivity contribution < 1.29 is 14.0 Å². The fraction of sp³-hybridized carbons (Fsp3) is 0.115. The monoisotopic (exact) mass is 474 g/mol. The van der Waals surface area contributed by atoms with Gasteiger partial charge < -0.3 is 10.6 Å². The zero-order valence-electron chi connectivity index (χ0n) is 18.3. The second-order valence-corrected chi connectivity index (χ2v) is 8.43. The highest BCUT2D eigenvalue weighted by Crippen LogP contribution is 2.21. The molecule has 4 rings (SSSR count). The summed E-state index contributed by atoms with van der Waals surface area (Å²) in [7, 11) is 0. The van der Waals surface area contributed by atoms with Crippen LogP contribution in [0.4, 0.5) is 4.39 Å². The van der Waals surface area contributed by atoms with Gasteiger partial charge in [-0.05, 0) is 41.5 Å². The van der Waals surface area contributed by atoms with Crippen LogP contribution in [0, 0.1) is 5.82 Å². The molecule has 0 unspecified atom stereocenters. The third-order valence-electron chi connectivity index (χ3n) is 5.02. The van der Waals surface area contributed by atoms with E-state index in [1.54, 1.807) is 36.7 Å². The fourth-order valence-electron chi connectivity index (χ4n) is 3.25. The number of amides is 2. The van der Waals surface area contributed by atoms with Gasteiger partial charge in [-0.1, -0.05) is 60.3 Å². The van der Waals surface area contributed by atoms with Crippen molar-refractivity contribution in [3.63, 3.8) is 0 Å². The first-order valence-corrected chi connectivity index (χ1v) is 11.7. The van der Waals surface area contributed by atoms with Gasteiger partial charge in [0.1, 0.15) is 5.82 Å². The van der Waals surface area contributed by atoms with Crippen molar-refractivity contribution in [2.24, 2.45) is 0 Å². The number of rotatable bonds is 9. The van der Waals surface area contributed by atoms with E-state index in [9.17, 15) is 14.0 Å². The number of thioether (sulfide) groups is 1. The summed E-state index contributed by atoms with van der Waals surface area (Å²) in [6.45, 7) is 0.775. The van der Waals surface area contributed by atoms with Crippen LogP contribution >= 0.6 is 11.8 Å². The molecule has 0 aliphatic rings. The standard InChI is InChI=1S/C26H23FN4O2S/c27-22-11-9-20(10-12-22)16-29-24(32)18-34-26-28-13-14-31(26)23-8-4-7-21(15-23)25(33)30-17-19-5-2-1-3-6-19/h1-15H,16-18H2,(H,29,32)(H,30,33). The molecule has 0 radical (unpaired) electrons. The van der Waals surface area contributed by atoms with Crippen LogP contribution in [0.2, 0.25) is 0 Å².